The van der Waals surface area contributed by atoms with Crippen LogP contribution >= 0.6 is 0 Å². The monoisotopic (exact) mass is 413 g/mol. The summed E-state index contributed by atoms with van der Waals surface area (Å²) in [7, 11) is -3.77. The largest absolute Gasteiger partial charge is 0.342 e. The second kappa shape index (κ2) is 7.94. The van der Waals surface area contributed by atoms with Crippen molar-refractivity contribution in [3.63, 3.8) is 0 Å². The minimum atomic E-state index is -3.77. The van der Waals surface area contributed by atoms with Crippen LogP contribution in [0.25, 0.3) is 12.2 Å². The molecule has 0 saturated carbocycles. The second-order valence-corrected chi connectivity index (χ2v) is 8.62. The number of nitrogens with one attached hydrogen (secondary N) is 2. The number of benzene rings is 1. The van der Waals surface area contributed by atoms with Gasteiger partial charge in [0.1, 0.15) is 5.82 Å². The highest BCUT2D eigenvalue weighted by Gasteiger charge is 2.28. The molecule has 1 aliphatic heterocycles. The summed E-state index contributed by atoms with van der Waals surface area (Å²) >= 11 is 0. The van der Waals surface area contributed by atoms with Crippen LogP contribution in [0.4, 0.5) is 0 Å². The van der Waals surface area contributed by atoms with Gasteiger partial charge in [0.05, 0.1) is 10.7 Å². The Kier molecular flexibility index (Phi) is 5.35. The number of carbonyl (C=O) groups excluding carboxylic acids is 1. The molecular formula is C20H23N5O3S. The third-order valence-electron chi connectivity index (χ3n) is 5.04. The van der Waals surface area contributed by atoms with Gasteiger partial charge in [-0.1, -0.05) is 30.4 Å². The van der Waals surface area contributed by atoms with E-state index in [1.165, 1.54) is 0 Å². The van der Waals surface area contributed by atoms with Gasteiger partial charge in [0.25, 0.3) is 16.1 Å². The van der Waals surface area contributed by atoms with Crippen molar-refractivity contribution >= 4 is 28.3 Å². The van der Waals surface area contributed by atoms with Crippen LogP contribution < -0.4 is 20.6 Å². The van der Waals surface area contributed by atoms with Gasteiger partial charge in [0.2, 0.25) is 0 Å². The molecule has 9 heteroatoms. The fraction of sp³-hybridized carbons (Fsp3) is 0.300. The van der Waals surface area contributed by atoms with Gasteiger partial charge in [0, 0.05) is 31.1 Å². The van der Waals surface area contributed by atoms with Gasteiger partial charge in [-0.2, -0.15) is 13.1 Å². The fourth-order valence-corrected chi connectivity index (χ4v) is 4.31. The molecule has 1 aromatic carbocycles. The van der Waals surface area contributed by atoms with Crippen LogP contribution in [0, 0.1) is 0 Å². The summed E-state index contributed by atoms with van der Waals surface area (Å²) in [5.41, 5.74) is 1.63. The first-order valence-electron chi connectivity index (χ1n) is 9.47. The Hall–Kier alpha value is -2.75. The number of amides is 1. The predicted octanol–water partition coefficient (Wildman–Crippen LogP) is -0.471. The highest BCUT2D eigenvalue weighted by atomic mass is 32.2. The zero-order valence-electron chi connectivity index (χ0n) is 15.8. The van der Waals surface area contributed by atoms with Crippen molar-refractivity contribution in [1.29, 1.82) is 0 Å². The molecule has 8 nitrogen and oxygen atoms in total. The van der Waals surface area contributed by atoms with E-state index >= 15 is 0 Å². The molecule has 29 heavy (non-hydrogen) atoms. The average molecular weight is 414 g/mol. The lowest BCUT2D eigenvalue weighted by molar-refractivity contribution is 0.0790. The minimum Gasteiger partial charge on any atom is -0.342 e. The number of hydrogen-bond acceptors (Lipinski definition) is 4. The van der Waals surface area contributed by atoms with E-state index in [4.69, 9.17) is 5.14 Å². The Labute approximate surface area is 169 Å². The van der Waals surface area contributed by atoms with E-state index in [1.807, 2.05) is 24.3 Å². The number of imidazole rings is 1. The number of rotatable bonds is 5. The zero-order valence-corrected chi connectivity index (χ0v) is 16.7. The number of aromatic amines is 1. The maximum atomic E-state index is 12.7. The Morgan fingerprint density at radius 1 is 1.31 bits per heavy atom. The minimum absolute atomic E-state index is 0.115. The zero-order chi connectivity index (χ0) is 20.4. The highest BCUT2D eigenvalue weighted by molar-refractivity contribution is 7.87. The van der Waals surface area contributed by atoms with Crippen molar-refractivity contribution in [2.45, 2.75) is 25.3 Å². The van der Waals surface area contributed by atoms with Crippen LogP contribution in [0.2, 0.25) is 0 Å². The molecule has 152 valence electrons. The topological polar surface area (TPSA) is 121 Å². The molecule has 1 aliphatic carbocycles. The second-order valence-electron chi connectivity index (χ2n) is 7.29. The third-order valence-corrected chi connectivity index (χ3v) is 5.70. The van der Waals surface area contributed by atoms with E-state index in [-0.39, 0.29) is 11.9 Å². The van der Waals surface area contributed by atoms with E-state index < -0.39 is 10.2 Å². The Bertz CT molecular complexity index is 1170. The van der Waals surface area contributed by atoms with Crippen molar-refractivity contribution in [2.24, 2.45) is 5.14 Å². The average Bonchev–Trinajstić information content (AvgIpc) is 3.21. The van der Waals surface area contributed by atoms with Gasteiger partial charge in [-0.05, 0) is 36.6 Å². The molecule has 4 rings (SSSR count). The molecule has 0 radical (unpaired) electrons. The molecule has 4 N–H and O–H groups in total. The van der Waals surface area contributed by atoms with Crippen molar-refractivity contribution in [1.82, 2.24) is 19.6 Å². The molecule has 2 aliphatic rings. The molecule has 0 spiro atoms. The van der Waals surface area contributed by atoms with Crippen LogP contribution in [0.5, 0.6) is 0 Å². The lowest BCUT2D eigenvalue weighted by Gasteiger charge is -2.17. The van der Waals surface area contributed by atoms with E-state index in [0.717, 1.165) is 28.5 Å². The summed E-state index contributed by atoms with van der Waals surface area (Å²) in [6.45, 7) is 0.809. The molecule has 1 amide bonds. The molecule has 2 heterocycles. The quantitative estimate of drug-likeness (QED) is 0.613. The number of aromatic nitrogens is 2. The molecule has 0 bridgehead atoms. The van der Waals surface area contributed by atoms with E-state index in [9.17, 15) is 13.2 Å². The number of hydrogen-bond donors (Lipinski definition) is 3. The molecular weight excluding hydrogens is 390 g/mol. The maximum absolute atomic E-state index is 12.7. The lowest BCUT2D eigenvalue weighted by atomic mass is 10.1. The first kappa shape index (κ1) is 19.6. The van der Waals surface area contributed by atoms with Gasteiger partial charge in [-0.15, -0.1) is 0 Å². The molecule has 2 aromatic rings. The van der Waals surface area contributed by atoms with Crippen molar-refractivity contribution < 1.29 is 13.2 Å². The number of fused-ring (bicyclic) bond motifs is 1. The molecule has 1 atom stereocenters. The molecule has 1 aromatic heterocycles. The van der Waals surface area contributed by atoms with Gasteiger partial charge >= 0.3 is 0 Å². The Morgan fingerprint density at radius 3 is 2.86 bits per heavy atom. The van der Waals surface area contributed by atoms with E-state index in [0.29, 0.717) is 31.5 Å². The third kappa shape index (κ3) is 4.81. The summed E-state index contributed by atoms with van der Waals surface area (Å²) in [6, 6.07) is 7.10. The lowest BCUT2D eigenvalue weighted by Crippen LogP contribution is -2.41. The smallest absolute Gasteiger partial charge is 0.274 e. The standard InChI is InChI=1S/C20H23N5O3S/c21-29(27,28)24-16-10-11-25(13-16)20(26)15-8-6-14(7-9-15)12-19-22-17-4-2-1-3-5-18(17)23-19/h1-2,4-9,16,24H,3,10-13H2,(H,22,23)(H2,21,27,28). The van der Waals surface area contributed by atoms with Gasteiger partial charge < -0.3 is 9.88 Å². The summed E-state index contributed by atoms with van der Waals surface area (Å²) in [5, 5.41) is 6.99. The van der Waals surface area contributed by atoms with Crippen molar-refractivity contribution in [3.8, 4) is 0 Å². The number of nitrogens with two attached hydrogens (primary N) is 1. The fourth-order valence-electron chi connectivity index (χ4n) is 3.66. The van der Waals surface area contributed by atoms with Crippen LogP contribution in [0.1, 0.15) is 34.6 Å². The van der Waals surface area contributed by atoms with Crippen LogP contribution in [-0.2, 0) is 16.6 Å². The first-order valence-corrected chi connectivity index (χ1v) is 11.0. The Balaban J connectivity index is 1.41. The summed E-state index contributed by atoms with van der Waals surface area (Å²) < 4.78 is 24.7. The number of H-pyrrole nitrogens is 1. The summed E-state index contributed by atoms with van der Waals surface area (Å²) in [4.78, 5) is 22.3. The van der Waals surface area contributed by atoms with Crippen molar-refractivity contribution in [3.05, 3.63) is 64.1 Å². The molecule has 1 fully saturated rings. The van der Waals surface area contributed by atoms with Crippen LogP contribution in [-0.4, -0.2) is 48.3 Å². The summed E-state index contributed by atoms with van der Waals surface area (Å²) in [6.07, 6.45) is 10.3. The maximum Gasteiger partial charge on any atom is 0.274 e. The SMILES string of the molecule is NS(=O)(=O)NC1CCN(C(=O)c2ccc(Cc3nc4c([nH]3)=CC=CCC=4)cc2)C1. The van der Waals surface area contributed by atoms with Gasteiger partial charge in [-0.3, -0.25) is 4.79 Å². The number of allylic oxidation sites excluding steroid dienone is 2. The van der Waals surface area contributed by atoms with Crippen LogP contribution in [0.3, 0.4) is 0 Å². The highest BCUT2D eigenvalue weighted by Crippen LogP contribution is 2.15. The normalized spacial score (nSPS) is 18.7. The number of carbonyl (C=O) groups is 1. The first-order chi connectivity index (χ1) is 13.9. The van der Waals surface area contributed by atoms with E-state index in [1.54, 1.807) is 17.0 Å². The van der Waals surface area contributed by atoms with E-state index in [2.05, 4.69) is 26.8 Å². The number of likely N-dealkylation sites (tertiary alicyclic amines) is 1. The summed E-state index contributed by atoms with van der Waals surface area (Å²) in [5.74, 6) is 0.768. The predicted molar refractivity (Wildman–Crippen MR) is 110 cm³/mol. The van der Waals surface area contributed by atoms with Crippen molar-refractivity contribution in [2.75, 3.05) is 13.1 Å². The Morgan fingerprint density at radius 2 is 2.10 bits per heavy atom. The molecule has 1 unspecified atom stereocenters. The molecule has 1 saturated heterocycles. The number of nitrogens with zero attached hydrogens (tertiary/aromatic N) is 2. The van der Waals surface area contributed by atoms with Gasteiger partial charge in [0.15, 0.2) is 0 Å². The van der Waals surface area contributed by atoms with Gasteiger partial charge in [-0.25, -0.2) is 10.1 Å². The van der Waals surface area contributed by atoms with Crippen LogP contribution in [0.15, 0.2) is 36.4 Å².